The highest BCUT2D eigenvalue weighted by atomic mass is 32.1. The van der Waals surface area contributed by atoms with E-state index in [1.807, 2.05) is 24.3 Å². The van der Waals surface area contributed by atoms with Crippen LogP contribution in [-0.2, 0) is 22.5 Å². The third-order valence-electron chi connectivity index (χ3n) is 4.90. The van der Waals surface area contributed by atoms with Gasteiger partial charge in [0.2, 0.25) is 5.91 Å². The number of hydrogen-bond acceptors (Lipinski definition) is 5. The molecule has 1 amide bonds. The number of aryl methyl sites for hydroxylation is 1. The fraction of sp³-hybridized carbons (Fsp3) is 0.364. The van der Waals surface area contributed by atoms with Crippen molar-refractivity contribution < 1.29 is 9.53 Å². The summed E-state index contributed by atoms with van der Waals surface area (Å²) in [6, 6.07) is 18.6. The van der Waals surface area contributed by atoms with Crippen molar-refractivity contribution in [2.75, 3.05) is 26.2 Å². The van der Waals surface area contributed by atoms with Gasteiger partial charge >= 0.3 is 0 Å². The summed E-state index contributed by atoms with van der Waals surface area (Å²) in [5, 5.41) is 4.04. The van der Waals surface area contributed by atoms with Crippen molar-refractivity contribution in [2.45, 2.75) is 25.5 Å². The average molecular weight is 396 g/mol. The second-order valence-electron chi connectivity index (χ2n) is 7.09. The monoisotopic (exact) mass is 395 g/mol. The van der Waals surface area contributed by atoms with E-state index in [-0.39, 0.29) is 12.0 Å². The van der Waals surface area contributed by atoms with E-state index in [0.29, 0.717) is 26.0 Å². The Morgan fingerprint density at radius 2 is 2.00 bits per heavy atom. The van der Waals surface area contributed by atoms with Crippen molar-refractivity contribution in [1.82, 2.24) is 15.2 Å². The van der Waals surface area contributed by atoms with E-state index in [9.17, 15) is 4.79 Å². The van der Waals surface area contributed by atoms with E-state index < -0.39 is 0 Å². The maximum Gasteiger partial charge on any atom is 0.220 e. The number of fused-ring (bicyclic) bond motifs is 1. The van der Waals surface area contributed by atoms with E-state index in [0.717, 1.165) is 30.2 Å². The third kappa shape index (κ3) is 5.16. The lowest BCUT2D eigenvalue weighted by Gasteiger charge is -2.33. The molecule has 146 valence electrons. The summed E-state index contributed by atoms with van der Waals surface area (Å²) in [6.45, 7) is 3.96. The third-order valence-corrected chi connectivity index (χ3v) is 6.00. The topological polar surface area (TPSA) is 54.5 Å². The lowest BCUT2D eigenvalue weighted by molar-refractivity contribution is -0.122. The number of benzene rings is 2. The standard InChI is InChI=1S/C22H25N3O2S/c26-21(10-11-22-24-19-8-4-5-9-20(19)28-22)23-14-18-16-25(12-13-27-18)15-17-6-2-1-3-7-17/h1-9,18H,10-16H2,(H,23,26)/t18-/m0/s1. The first-order chi connectivity index (χ1) is 13.8. The number of thiazole rings is 1. The van der Waals surface area contributed by atoms with Crippen molar-refractivity contribution in [3.8, 4) is 0 Å². The molecule has 28 heavy (non-hydrogen) atoms. The van der Waals surface area contributed by atoms with E-state index in [1.165, 1.54) is 10.3 Å². The minimum absolute atomic E-state index is 0.0452. The van der Waals surface area contributed by atoms with Crippen molar-refractivity contribution in [2.24, 2.45) is 0 Å². The number of nitrogens with zero attached hydrogens (tertiary/aromatic N) is 2. The van der Waals surface area contributed by atoms with Crippen LogP contribution in [0.25, 0.3) is 10.2 Å². The second kappa shape index (κ2) is 9.28. The van der Waals surface area contributed by atoms with Crippen LogP contribution in [-0.4, -0.2) is 48.1 Å². The number of aromatic nitrogens is 1. The van der Waals surface area contributed by atoms with Gasteiger partial charge < -0.3 is 10.1 Å². The number of nitrogens with one attached hydrogen (secondary N) is 1. The Hall–Kier alpha value is -2.28. The lowest BCUT2D eigenvalue weighted by Crippen LogP contribution is -2.47. The van der Waals surface area contributed by atoms with Gasteiger partial charge in [-0.2, -0.15) is 0 Å². The van der Waals surface area contributed by atoms with Gasteiger partial charge in [0.1, 0.15) is 0 Å². The summed E-state index contributed by atoms with van der Waals surface area (Å²) in [6.07, 6.45) is 1.18. The Labute approximate surface area is 169 Å². The van der Waals surface area contributed by atoms with Crippen molar-refractivity contribution in [3.63, 3.8) is 0 Å². The molecule has 0 saturated carbocycles. The highest BCUT2D eigenvalue weighted by Crippen LogP contribution is 2.22. The molecule has 2 aromatic carbocycles. The minimum atomic E-state index is 0.0452. The molecule has 1 fully saturated rings. The van der Waals surface area contributed by atoms with Gasteiger partial charge in [0, 0.05) is 39.0 Å². The molecule has 2 heterocycles. The van der Waals surface area contributed by atoms with Crippen molar-refractivity contribution >= 4 is 27.5 Å². The quantitative estimate of drug-likeness (QED) is 0.667. The number of amides is 1. The Bertz CT molecular complexity index is 879. The number of para-hydroxylation sites is 1. The van der Waals surface area contributed by atoms with E-state index in [1.54, 1.807) is 11.3 Å². The van der Waals surface area contributed by atoms with Crippen LogP contribution in [0, 0.1) is 0 Å². The van der Waals surface area contributed by atoms with Crippen LogP contribution in [0.5, 0.6) is 0 Å². The van der Waals surface area contributed by atoms with Crippen LogP contribution in [0.1, 0.15) is 17.0 Å². The van der Waals surface area contributed by atoms with Crippen molar-refractivity contribution in [1.29, 1.82) is 0 Å². The Morgan fingerprint density at radius 1 is 1.18 bits per heavy atom. The number of hydrogen-bond donors (Lipinski definition) is 1. The number of rotatable bonds is 7. The number of carbonyl (C=O) groups excluding carboxylic acids is 1. The predicted octanol–water partition coefficient (Wildman–Crippen LogP) is 3.25. The fourth-order valence-corrected chi connectivity index (χ4v) is 4.42. The number of carbonyl (C=O) groups is 1. The summed E-state index contributed by atoms with van der Waals surface area (Å²) in [5.74, 6) is 0.0584. The maximum absolute atomic E-state index is 12.2. The molecule has 1 aliphatic heterocycles. The summed E-state index contributed by atoms with van der Waals surface area (Å²) in [5.41, 5.74) is 2.32. The normalized spacial score (nSPS) is 17.6. The van der Waals surface area contributed by atoms with E-state index in [4.69, 9.17) is 4.74 Å². The molecule has 1 aliphatic rings. The first-order valence-corrected chi connectivity index (χ1v) is 10.6. The molecule has 1 aromatic heterocycles. The smallest absolute Gasteiger partial charge is 0.220 e. The molecule has 0 unspecified atom stereocenters. The largest absolute Gasteiger partial charge is 0.374 e. The molecule has 6 heteroatoms. The molecule has 4 rings (SSSR count). The van der Waals surface area contributed by atoms with Gasteiger partial charge in [-0.3, -0.25) is 9.69 Å². The molecular formula is C22H25N3O2S. The van der Waals surface area contributed by atoms with Gasteiger partial charge in [0.25, 0.3) is 0 Å². The average Bonchev–Trinajstić information content (AvgIpc) is 3.15. The summed E-state index contributed by atoms with van der Waals surface area (Å²) >= 11 is 1.66. The maximum atomic E-state index is 12.2. The second-order valence-corrected chi connectivity index (χ2v) is 8.21. The first-order valence-electron chi connectivity index (χ1n) is 9.75. The molecule has 0 radical (unpaired) electrons. The molecule has 1 atom stereocenters. The fourth-order valence-electron chi connectivity index (χ4n) is 3.45. The number of morpholine rings is 1. The van der Waals surface area contributed by atoms with Gasteiger partial charge in [-0.25, -0.2) is 4.98 Å². The van der Waals surface area contributed by atoms with Gasteiger partial charge in [-0.1, -0.05) is 42.5 Å². The lowest BCUT2D eigenvalue weighted by atomic mass is 10.2. The Kier molecular flexibility index (Phi) is 6.31. The predicted molar refractivity (Wildman–Crippen MR) is 112 cm³/mol. The highest BCUT2D eigenvalue weighted by Gasteiger charge is 2.21. The molecule has 0 aliphatic carbocycles. The molecule has 1 saturated heterocycles. The van der Waals surface area contributed by atoms with Crippen molar-refractivity contribution in [3.05, 3.63) is 65.2 Å². The molecule has 0 bridgehead atoms. The van der Waals surface area contributed by atoms with Crippen LogP contribution in [0.3, 0.4) is 0 Å². The van der Waals surface area contributed by atoms with E-state index in [2.05, 4.69) is 45.5 Å². The van der Waals surface area contributed by atoms with Gasteiger partial charge in [-0.15, -0.1) is 11.3 Å². The molecule has 5 nitrogen and oxygen atoms in total. The molecule has 1 N–H and O–H groups in total. The van der Waals surface area contributed by atoms with E-state index >= 15 is 0 Å². The van der Waals surface area contributed by atoms with Crippen LogP contribution in [0.4, 0.5) is 0 Å². The Morgan fingerprint density at radius 3 is 2.86 bits per heavy atom. The molecule has 3 aromatic rings. The summed E-state index contributed by atoms with van der Waals surface area (Å²) < 4.78 is 7.01. The number of ether oxygens (including phenoxy) is 1. The molecule has 0 spiro atoms. The van der Waals surface area contributed by atoms with Gasteiger partial charge in [-0.05, 0) is 17.7 Å². The zero-order chi connectivity index (χ0) is 19.2. The molecular weight excluding hydrogens is 370 g/mol. The summed E-state index contributed by atoms with van der Waals surface area (Å²) in [7, 11) is 0. The first kappa shape index (κ1) is 19.1. The van der Waals surface area contributed by atoms with Crippen LogP contribution >= 0.6 is 11.3 Å². The van der Waals surface area contributed by atoms with Crippen LogP contribution < -0.4 is 5.32 Å². The Balaban J connectivity index is 1.20. The SMILES string of the molecule is O=C(CCc1nc2ccccc2s1)NC[C@H]1CN(Cc2ccccc2)CCO1. The highest BCUT2D eigenvalue weighted by molar-refractivity contribution is 7.18. The zero-order valence-corrected chi connectivity index (χ0v) is 16.7. The van der Waals surface area contributed by atoms with Crippen LogP contribution in [0.15, 0.2) is 54.6 Å². The minimum Gasteiger partial charge on any atom is -0.374 e. The van der Waals surface area contributed by atoms with Gasteiger partial charge in [0.05, 0.1) is 27.9 Å². The van der Waals surface area contributed by atoms with Gasteiger partial charge in [0.15, 0.2) is 0 Å². The zero-order valence-electron chi connectivity index (χ0n) is 15.8. The van der Waals surface area contributed by atoms with Crippen LogP contribution in [0.2, 0.25) is 0 Å². The summed E-state index contributed by atoms with van der Waals surface area (Å²) in [4.78, 5) is 19.2.